The maximum Gasteiger partial charge on any atom is 0.291 e. The summed E-state index contributed by atoms with van der Waals surface area (Å²) in [7, 11) is 3.44. The van der Waals surface area contributed by atoms with Crippen molar-refractivity contribution in [2.24, 2.45) is 0 Å². The Morgan fingerprint density at radius 3 is 2.83 bits per heavy atom. The Morgan fingerprint density at radius 1 is 1.24 bits per heavy atom. The molecule has 0 saturated carbocycles. The molecule has 8 heteroatoms. The molecule has 1 atom stereocenters. The maximum absolute atomic E-state index is 12.3. The van der Waals surface area contributed by atoms with Crippen molar-refractivity contribution in [3.63, 3.8) is 0 Å². The van der Waals surface area contributed by atoms with Crippen LogP contribution in [-0.2, 0) is 6.54 Å². The first-order valence-corrected chi connectivity index (χ1v) is 9.90. The second-order valence-electron chi connectivity index (χ2n) is 7.79. The Morgan fingerprint density at radius 2 is 2.07 bits per heavy atom. The molecule has 1 saturated heterocycles. The topological polar surface area (TPSA) is 78.7 Å². The number of carbonyl (C=O) groups is 1. The molecule has 1 fully saturated rings. The van der Waals surface area contributed by atoms with E-state index < -0.39 is 0 Å². The van der Waals surface area contributed by atoms with Gasteiger partial charge in [-0.15, -0.1) is 0 Å². The molecule has 152 valence electrons. The monoisotopic (exact) mass is 393 g/mol. The highest BCUT2D eigenvalue weighted by atomic mass is 16.2. The summed E-state index contributed by atoms with van der Waals surface area (Å²) >= 11 is 0. The minimum atomic E-state index is -0.171. The summed E-state index contributed by atoms with van der Waals surface area (Å²) in [5, 5.41) is 3.61. The standard InChI is InChI=1S/C21H27N7O/c1-14-15(2)23-19(21(29)26(3)4)25-20(14)28-10-8-16(12-28)22-11-17-13-27-9-6-5-7-18(27)24-17/h5-7,9,13,16,22H,8,10-12H2,1-4H3/t16-/m1/s1. The van der Waals surface area contributed by atoms with Crippen LogP contribution in [-0.4, -0.2) is 63.4 Å². The Balaban J connectivity index is 1.44. The molecular formula is C21H27N7O. The summed E-state index contributed by atoms with van der Waals surface area (Å²) in [6.45, 7) is 6.43. The van der Waals surface area contributed by atoms with Crippen molar-refractivity contribution in [3.05, 3.63) is 53.4 Å². The molecule has 29 heavy (non-hydrogen) atoms. The van der Waals surface area contributed by atoms with Crippen molar-refractivity contribution in [2.75, 3.05) is 32.1 Å². The van der Waals surface area contributed by atoms with E-state index in [2.05, 4.69) is 31.4 Å². The van der Waals surface area contributed by atoms with Gasteiger partial charge >= 0.3 is 0 Å². The highest BCUT2D eigenvalue weighted by Gasteiger charge is 2.26. The van der Waals surface area contributed by atoms with Crippen molar-refractivity contribution in [1.82, 2.24) is 29.6 Å². The zero-order chi connectivity index (χ0) is 20.5. The molecule has 0 bridgehead atoms. The van der Waals surface area contributed by atoms with Crippen LogP contribution >= 0.6 is 0 Å². The van der Waals surface area contributed by atoms with Gasteiger partial charge in [0.1, 0.15) is 11.5 Å². The van der Waals surface area contributed by atoms with E-state index in [1.807, 2.05) is 42.6 Å². The van der Waals surface area contributed by atoms with Crippen LogP contribution in [0.2, 0.25) is 0 Å². The van der Waals surface area contributed by atoms with Gasteiger partial charge < -0.3 is 19.5 Å². The number of anilines is 1. The number of fused-ring (bicyclic) bond motifs is 1. The van der Waals surface area contributed by atoms with Crippen molar-refractivity contribution >= 4 is 17.4 Å². The number of aromatic nitrogens is 4. The van der Waals surface area contributed by atoms with Crippen LogP contribution in [0.3, 0.4) is 0 Å². The van der Waals surface area contributed by atoms with Crippen molar-refractivity contribution in [3.8, 4) is 0 Å². The van der Waals surface area contributed by atoms with Crippen LogP contribution < -0.4 is 10.2 Å². The van der Waals surface area contributed by atoms with Gasteiger partial charge in [0.05, 0.1) is 5.69 Å². The van der Waals surface area contributed by atoms with Crippen LogP contribution in [0.1, 0.15) is 34.0 Å². The van der Waals surface area contributed by atoms with Gasteiger partial charge in [-0.25, -0.2) is 15.0 Å². The number of nitrogens with one attached hydrogen (secondary N) is 1. The number of pyridine rings is 1. The fourth-order valence-corrected chi connectivity index (χ4v) is 3.66. The van der Waals surface area contributed by atoms with Crippen LogP contribution in [0.25, 0.3) is 5.65 Å². The van der Waals surface area contributed by atoms with Crippen LogP contribution in [0.5, 0.6) is 0 Å². The highest BCUT2D eigenvalue weighted by molar-refractivity contribution is 5.90. The SMILES string of the molecule is Cc1nc(C(=O)N(C)C)nc(N2CC[C@@H](NCc3cn4ccccc4n3)C2)c1C. The number of carbonyl (C=O) groups excluding carboxylic acids is 1. The van der Waals surface area contributed by atoms with Crippen LogP contribution in [0.15, 0.2) is 30.6 Å². The zero-order valence-electron chi connectivity index (χ0n) is 17.4. The Labute approximate surface area is 170 Å². The molecule has 3 aromatic rings. The first-order valence-electron chi connectivity index (χ1n) is 9.90. The molecule has 1 aliphatic rings. The lowest BCUT2D eigenvalue weighted by Crippen LogP contribution is -2.33. The van der Waals surface area contributed by atoms with E-state index in [0.717, 1.165) is 54.5 Å². The van der Waals surface area contributed by atoms with E-state index in [0.29, 0.717) is 6.04 Å². The average molecular weight is 393 g/mol. The fourth-order valence-electron chi connectivity index (χ4n) is 3.66. The molecule has 0 spiro atoms. The Bertz CT molecular complexity index is 1010. The van der Waals surface area contributed by atoms with E-state index in [4.69, 9.17) is 0 Å². The molecule has 1 aliphatic heterocycles. The predicted molar refractivity (Wildman–Crippen MR) is 112 cm³/mol. The van der Waals surface area contributed by atoms with Gasteiger partial charge in [0.25, 0.3) is 5.91 Å². The minimum absolute atomic E-state index is 0.171. The summed E-state index contributed by atoms with van der Waals surface area (Å²) in [5.41, 5.74) is 3.87. The molecule has 4 heterocycles. The largest absolute Gasteiger partial charge is 0.355 e. The lowest BCUT2D eigenvalue weighted by molar-refractivity contribution is 0.0815. The average Bonchev–Trinajstić information content (AvgIpc) is 3.34. The first-order chi connectivity index (χ1) is 13.9. The third-order valence-corrected chi connectivity index (χ3v) is 5.43. The van der Waals surface area contributed by atoms with Crippen molar-refractivity contribution < 1.29 is 4.79 Å². The molecular weight excluding hydrogens is 366 g/mol. The van der Waals surface area contributed by atoms with Gasteiger partial charge in [-0.1, -0.05) is 6.07 Å². The quantitative estimate of drug-likeness (QED) is 0.712. The molecule has 0 unspecified atom stereocenters. The van der Waals surface area contributed by atoms with Gasteiger partial charge in [0.2, 0.25) is 5.82 Å². The Hall–Kier alpha value is -3.00. The third-order valence-electron chi connectivity index (χ3n) is 5.43. The number of aryl methyl sites for hydroxylation is 1. The van der Waals surface area contributed by atoms with E-state index in [1.54, 1.807) is 14.1 Å². The molecule has 1 amide bonds. The van der Waals surface area contributed by atoms with Gasteiger partial charge in [0.15, 0.2) is 0 Å². The molecule has 0 aliphatic carbocycles. The number of imidazole rings is 1. The fraction of sp³-hybridized carbons (Fsp3) is 0.429. The van der Waals surface area contributed by atoms with Gasteiger partial charge in [-0.3, -0.25) is 4.79 Å². The van der Waals surface area contributed by atoms with E-state index in [1.165, 1.54) is 4.90 Å². The van der Waals surface area contributed by atoms with Crippen LogP contribution in [0, 0.1) is 13.8 Å². The summed E-state index contributed by atoms with van der Waals surface area (Å²) < 4.78 is 2.04. The third kappa shape index (κ3) is 3.93. The normalized spacial score (nSPS) is 16.6. The second-order valence-corrected chi connectivity index (χ2v) is 7.79. The van der Waals surface area contributed by atoms with Crippen molar-refractivity contribution in [1.29, 1.82) is 0 Å². The first kappa shape index (κ1) is 19.3. The summed E-state index contributed by atoms with van der Waals surface area (Å²) in [4.78, 5) is 29.7. The second kappa shape index (κ2) is 7.79. The van der Waals surface area contributed by atoms with Crippen molar-refractivity contribution in [2.45, 2.75) is 32.9 Å². The summed E-state index contributed by atoms with van der Waals surface area (Å²) in [5.74, 6) is 0.948. The van der Waals surface area contributed by atoms with E-state index in [9.17, 15) is 4.79 Å². The lowest BCUT2D eigenvalue weighted by atomic mass is 10.2. The molecule has 4 rings (SSSR count). The molecule has 8 nitrogen and oxygen atoms in total. The maximum atomic E-state index is 12.3. The van der Waals surface area contributed by atoms with E-state index >= 15 is 0 Å². The Kier molecular flexibility index (Phi) is 5.19. The van der Waals surface area contributed by atoms with Gasteiger partial charge in [-0.05, 0) is 32.4 Å². The lowest BCUT2D eigenvalue weighted by Gasteiger charge is -2.22. The number of nitrogens with zero attached hydrogens (tertiary/aromatic N) is 6. The number of rotatable bonds is 5. The number of amides is 1. The molecule has 0 radical (unpaired) electrons. The smallest absolute Gasteiger partial charge is 0.291 e. The zero-order valence-corrected chi connectivity index (χ0v) is 17.4. The minimum Gasteiger partial charge on any atom is -0.355 e. The van der Waals surface area contributed by atoms with Crippen LogP contribution in [0.4, 0.5) is 5.82 Å². The summed E-state index contributed by atoms with van der Waals surface area (Å²) in [6, 6.07) is 6.35. The van der Waals surface area contributed by atoms with Gasteiger partial charge in [-0.2, -0.15) is 0 Å². The molecule has 0 aromatic carbocycles. The van der Waals surface area contributed by atoms with Gasteiger partial charge in [0, 0.05) is 63.4 Å². The number of hydrogen-bond acceptors (Lipinski definition) is 6. The van der Waals surface area contributed by atoms with E-state index in [-0.39, 0.29) is 11.7 Å². The summed E-state index contributed by atoms with van der Waals surface area (Å²) in [6.07, 6.45) is 5.09. The molecule has 1 N–H and O–H groups in total. The number of hydrogen-bond donors (Lipinski definition) is 1. The predicted octanol–water partition coefficient (Wildman–Crippen LogP) is 1.81. The molecule has 3 aromatic heterocycles. The highest BCUT2D eigenvalue weighted by Crippen LogP contribution is 2.24.